The fourth-order valence-electron chi connectivity index (χ4n) is 2.84. The summed E-state index contributed by atoms with van der Waals surface area (Å²) in [5, 5.41) is 10.4. The van der Waals surface area contributed by atoms with Crippen LogP contribution < -0.4 is 14.8 Å². The summed E-state index contributed by atoms with van der Waals surface area (Å²) in [4.78, 5) is 24.0. The fourth-order valence-corrected chi connectivity index (χ4v) is 2.84. The van der Waals surface area contributed by atoms with Crippen LogP contribution in [0, 0.1) is 0 Å². The lowest BCUT2D eigenvalue weighted by Gasteiger charge is -2.07. The number of nitrogens with one attached hydrogen (secondary N) is 1. The predicted octanol–water partition coefficient (Wildman–Crippen LogP) is 3.57. The van der Waals surface area contributed by atoms with Crippen molar-refractivity contribution in [2.24, 2.45) is 0 Å². The van der Waals surface area contributed by atoms with Gasteiger partial charge in [-0.25, -0.2) is 0 Å². The van der Waals surface area contributed by atoms with Crippen LogP contribution in [-0.4, -0.2) is 35.6 Å². The van der Waals surface area contributed by atoms with Gasteiger partial charge < -0.3 is 19.2 Å². The van der Waals surface area contributed by atoms with E-state index in [4.69, 9.17) is 13.9 Å². The van der Waals surface area contributed by atoms with Crippen molar-refractivity contribution in [1.82, 2.24) is 15.5 Å². The molecule has 1 amide bonds. The number of carbonyl (C=O) groups is 2. The largest absolute Gasteiger partial charge is 0.497 e. The van der Waals surface area contributed by atoms with Gasteiger partial charge >= 0.3 is 0 Å². The number of aromatic nitrogens is 2. The van der Waals surface area contributed by atoms with E-state index in [1.807, 2.05) is 54.6 Å². The highest BCUT2D eigenvalue weighted by Gasteiger charge is 2.15. The molecule has 2 aromatic carbocycles. The van der Waals surface area contributed by atoms with Gasteiger partial charge in [0.15, 0.2) is 0 Å². The summed E-state index contributed by atoms with van der Waals surface area (Å²) in [7, 11) is 1.61. The molecule has 0 fully saturated rings. The van der Waals surface area contributed by atoms with Gasteiger partial charge in [-0.05, 0) is 43.5 Å². The number of amides is 1. The summed E-state index contributed by atoms with van der Waals surface area (Å²) in [6.07, 6.45) is 2.37. The van der Waals surface area contributed by atoms with Crippen LogP contribution in [0.4, 0.5) is 0 Å². The second-order valence-corrected chi connectivity index (χ2v) is 6.81. The zero-order chi connectivity index (χ0) is 21.9. The van der Waals surface area contributed by atoms with Gasteiger partial charge in [0, 0.05) is 18.1 Å². The molecule has 0 spiro atoms. The minimum atomic E-state index is -0.646. The lowest BCUT2D eigenvalue weighted by molar-refractivity contribution is -0.138. The highest BCUT2D eigenvalue weighted by atomic mass is 16.5. The SMILES string of the molecule is COc1cccc(OCCCCCC(=O)C(=O)NCc2nnc(-c3ccccc3)o2)c1. The molecule has 8 nitrogen and oxygen atoms in total. The highest BCUT2D eigenvalue weighted by molar-refractivity contribution is 6.36. The van der Waals surface area contributed by atoms with Gasteiger partial charge in [0.25, 0.3) is 5.91 Å². The summed E-state index contributed by atoms with van der Waals surface area (Å²) in [5.41, 5.74) is 0.791. The van der Waals surface area contributed by atoms with E-state index >= 15 is 0 Å². The lowest BCUT2D eigenvalue weighted by Crippen LogP contribution is -2.30. The molecule has 0 saturated heterocycles. The Balaban J connectivity index is 1.30. The van der Waals surface area contributed by atoms with Crippen molar-refractivity contribution in [1.29, 1.82) is 0 Å². The Bertz CT molecular complexity index is 988. The van der Waals surface area contributed by atoms with E-state index in [-0.39, 0.29) is 18.9 Å². The Hall–Kier alpha value is -3.68. The molecule has 0 bridgehead atoms. The molecular weight excluding hydrogens is 398 g/mol. The number of Topliss-reactive ketones (excluding diaryl/α,β-unsaturated/α-hetero) is 1. The van der Waals surface area contributed by atoms with Gasteiger partial charge in [-0.1, -0.05) is 24.3 Å². The molecule has 8 heteroatoms. The third-order valence-corrected chi connectivity index (χ3v) is 4.50. The van der Waals surface area contributed by atoms with Gasteiger partial charge in [0.05, 0.1) is 20.3 Å². The zero-order valence-electron chi connectivity index (χ0n) is 17.4. The van der Waals surface area contributed by atoms with Crippen molar-refractivity contribution in [2.45, 2.75) is 32.2 Å². The standard InChI is InChI=1S/C23H25N3O5/c1-29-18-11-8-12-19(15-18)30-14-7-3-6-13-20(27)22(28)24-16-21-25-26-23(31-21)17-9-4-2-5-10-17/h2,4-5,8-12,15H,3,6-7,13-14,16H2,1H3,(H,24,28). The Morgan fingerprint density at radius 3 is 2.58 bits per heavy atom. The minimum absolute atomic E-state index is 0.0127. The van der Waals surface area contributed by atoms with Crippen molar-refractivity contribution in [3.05, 3.63) is 60.5 Å². The van der Waals surface area contributed by atoms with Crippen LogP contribution in [-0.2, 0) is 16.1 Å². The van der Waals surface area contributed by atoms with Crippen LogP contribution in [0.25, 0.3) is 11.5 Å². The van der Waals surface area contributed by atoms with Crippen molar-refractivity contribution in [3.8, 4) is 23.0 Å². The highest BCUT2D eigenvalue weighted by Crippen LogP contribution is 2.19. The maximum Gasteiger partial charge on any atom is 0.287 e. The summed E-state index contributed by atoms with van der Waals surface area (Å²) in [5.74, 6) is 0.989. The van der Waals surface area contributed by atoms with Crippen molar-refractivity contribution < 1.29 is 23.5 Å². The maximum atomic E-state index is 12.0. The van der Waals surface area contributed by atoms with Crippen LogP contribution in [0.15, 0.2) is 59.0 Å². The van der Waals surface area contributed by atoms with Crippen LogP contribution in [0.2, 0.25) is 0 Å². The average molecular weight is 423 g/mol. The Kier molecular flexibility index (Phi) is 8.16. The number of unbranched alkanes of at least 4 members (excludes halogenated alkanes) is 2. The minimum Gasteiger partial charge on any atom is -0.497 e. The summed E-state index contributed by atoms with van der Waals surface area (Å²) < 4.78 is 16.3. The van der Waals surface area contributed by atoms with Crippen LogP contribution >= 0.6 is 0 Å². The van der Waals surface area contributed by atoms with Crippen LogP contribution in [0.5, 0.6) is 11.5 Å². The molecule has 3 rings (SSSR count). The fraction of sp³-hybridized carbons (Fsp3) is 0.304. The van der Waals surface area contributed by atoms with Crippen molar-refractivity contribution >= 4 is 11.7 Å². The third-order valence-electron chi connectivity index (χ3n) is 4.50. The third kappa shape index (κ3) is 6.95. The number of ether oxygens (including phenoxy) is 2. The summed E-state index contributed by atoms with van der Waals surface area (Å²) in [6.45, 7) is 0.549. The number of hydrogen-bond acceptors (Lipinski definition) is 7. The molecule has 31 heavy (non-hydrogen) atoms. The van der Waals surface area contributed by atoms with E-state index in [2.05, 4.69) is 15.5 Å². The lowest BCUT2D eigenvalue weighted by atomic mass is 10.1. The first kappa shape index (κ1) is 22.0. The summed E-state index contributed by atoms with van der Waals surface area (Å²) in [6, 6.07) is 16.7. The van der Waals surface area contributed by atoms with E-state index in [1.165, 1.54) is 0 Å². The zero-order valence-corrected chi connectivity index (χ0v) is 17.4. The Morgan fingerprint density at radius 1 is 0.968 bits per heavy atom. The van der Waals surface area contributed by atoms with Gasteiger partial charge in [0.2, 0.25) is 17.6 Å². The topological polar surface area (TPSA) is 104 Å². The monoisotopic (exact) mass is 423 g/mol. The quantitative estimate of drug-likeness (QED) is 0.351. The molecule has 0 aliphatic rings. The smallest absolute Gasteiger partial charge is 0.287 e. The van der Waals surface area contributed by atoms with Crippen molar-refractivity contribution in [2.75, 3.05) is 13.7 Å². The molecule has 3 aromatic rings. The second-order valence-electron chi connectivity index (χ2n) is 6.81. The van der Waals surface area contributed by atoms with Gasteiger partial charge in [0.1, 0.15) is 11.5 Å². The molecule has 1 aromatic heterocycles. The molecule has 0 unspecified atom stereocenters. The molecule has 162 valence electrons. The van der Waals surface area contributed by atoms with E-state index in [1.54, 1.807) is 7.11 Å². The molecule has 1 N–H and O–H groups in total. The predicted molar refractivity (Wildman–Crippen MR) is 114 cm³/mol. The first-order valence-electron chi connectivity index (χ1n) is 10.1. The molecule has 1 heterocycles. The van der Waals surface area contributed by atoms with E-state index < -0.39 is 11.7 Å². The normalized spacial score (nSPS) is 10.5. The van der Waals surface area contributed by atoms with Gasteiger partial charge in [-0.3, -0.25) is 9.59 Å². The number of benzene rings is 2. The van der Waals surface area contributed by atoms with Gasteiger partial charge in [-0.2, -0.15) is 0 Å². The number of methoxy groups -OCH3 is 1. The first-order chi connectivity index (χ1) is 15.2. The first-order valence-corrected chi connectivity index (χ1v) is 10.1. The molecular formula is C23H25N3O5. The van der Waals surface area contributed by atoms with Crippen molar-refractivity contribution in [3.63, 3.8) is 0 Å². The Morgan fingerprint density at radius 2 is 1.77 bits per heavy atom. The molecule has 0 aliphatic carbocycles. The van der Waals surface area contributed by atoms with Crippen LogP contribution in [0.1, 0.15) is 31.6 Å². The second kappa shape index (κ2) is 11.5. The Labute approximate surface area is 180 Å². The number of ketones is 1. The van der Waals surface area contributed by atoms with E-state index in [0.717, 1.165) is 29.9 Å². The number of rotatable bonds is 12. The molecule has 0 radical (unpaired) electrons. The molecule has 0 aliphatic heterocycles. The van der Waals surface area contributed by atoms with E-state index in [0.29, 0.717) is 18.9 Å². The van der Waals surface area contributed by atoms with Gasteiger partial charge in [-0.15, -0.1) is 10.2 Å². The number of hydrogen-bond donors (Lipinski definition) is 1. The molecule has 0 saturated carbocycles. The number of nitrogens with zero attached hydrogens (tertiary/aromatic N) is 2. The maximum absolute atomic E-state index is 12.0. The number of carbonyl (C=O) groups excluding carboxylic acids is 2. The summed E-state index contributed by atoms with van der Waals surface area (Å²) >= 11 is 0. The van der Waals surface area contributed by atoms with Crippen LogP contribution in [0.3, 0.4) is 0 Å². The average Bonchev–Trinajstić information content (AvgIpc) is 3.29. The van der Waals surface area contributed by atoms with E-state index in [9.17, 15) is 9.59 Å². The molecule has 0 atom stereocenters.